The number of hydrogen-bond donors (Lipinski definition) is 0. The summed E-state index contributed by atoms with van der Waals surface area (Å²) >= 11 is 1.95. The molecule has 0 unspecified atom stereocenters. The van der Waals surface area contributed by atoms with Crippen molar-refractivity contribution in [3.8, 4) is 22.3 Å². The van der Waals surface area contributed by atoms with E-state index in [1.807, 2.05) is 11.3 Å². The van der Waals surface area contributed by atoms with Crippen LogP contribution in [0.4, 0.5) is 17.1 Å². The summed E-state index contributed by atoms with van der Waals surface area (Å²) in [5.41, 5.74) is 8.87. The van der Waals surface area contributed by atoms with Crippen molar-refractivity contribution in [1.29, 1.82) is 0 Å². The first-order chi connectivity index (χ1) is 22.1. The second kappa shape index (κ2) is 10.0. The quantitative estimate of drug-likeness (QED) is 0.179. The molecule has 8 aromatic rings. The smallest absolute Gasteiger partial charge is 0.114 e. The molecule has 0 saturated carbocycles. The first kappa shape index (κ1) is 26.4. The molecule has 0 atom stereocenters. The van der Waals surface area contributed by atoms with Gasteiger partial charge in [0.25, 0.3) is 0 Å². The second-order valence-corrected chi connectivity index (χ2v) is 17.9. The molecule has 0 saturated heterocycles. The van der Waals surface area contributed by atoms with Crippen LogP contribution in [0.2, 0.25) is 13.1 Å². The number of para-hydroxylation sites is 2. The maximum Gasteiger partial charge on any atom is 0.114 e. The highest BCUT2D eigenvalue weighted by Crippen LogP contribution is 2.45. The lowest BCUT2D eigenvalue weighted by Gasteiger charge is -2.29. The van der Waals surface area contributed by atoms with E-state index in [2.05, 4.69) is 170 Å². The average Bonchev–Trinajstić information content (AvgIpc) is 3.57. The molecule has 7 aromatic carbocycles. The summed E-state index contributed by atoms with van der Waals surface area (Å²) in [4.78, 5) is 2.45. The summed E-state index contributed by atoms with van der Waals surface area (Å²) in [6.45, 7) is 5.05. The molecule has 0 spiro atoms. The molecule has 214 valence electrons. The molecule has 0 aliphatic carbocycles. The zero-order valence-corrected chi connectivity index (χ0v) is 27.1. The van der Waals surface area contributed by atoms with Gasteiger partial charge in [-0.15, -0.1) is 11.3 Å². The highest BCUT2D eigenvalue weighted by atomic mass is 32.1. The SMILES string of the molecule is C[Si]1(C)c2cc(N(c3ccccc3)c3ccccc3-c3ccc4ccccc4c3)ccc2-c2c1ccc1c2sc2ccccc21. The van der Waals surface area contributed by atoms with Crippen LogP contribution < -0.4 is 15.3 Å². The molecule has 2 heterocycles. The summed E-state index contributed by atoms with van der Waals surface area (Å²) in [6, 6.07) is 56.0. The standard InChI is InChI=1S/C42H31NSSi/c1-45(2)39-25-24-35-34-17-9-11-19-38(34)44-42(35)41(39)36-23-22-32(27-40(36)45)43(31-14-4-3-5-15-31)37-18-10-8-16-33(37)30-21-20-28-12-6-7-13-29(28)26-30/h3-27H,1-2H3. The van der Waals surface area contributed by atoms with Crippen molar-refractivity contribution in [3.05, 3.63) is 152 Å². The maximum atomic E-state index is 2.52. The van der Waals surface area contributed by atoms with Gasteiger partial charge < -0.3 is 4.90 Å². The minimum absolute atomic E-state index is 1.16. The summed E-state index contributed by atoms with van der Waals surface area (Å²) in [5.74, 6) is 0. The van der Waals surface area contributed by atoms with Crippen LogP contribution in [0.5, 0.6) is 0 Å². The van der Waals surface area contributed by atoms with E-state index < -0.39 is 8.07 Å². The van der Waals surface area contributed by atoms with E-state index in [0.29, 0.717) is 0 Å². The number of benzene rings is 7. The van der Waals surface area contributed by atoms with Gasteiger partial charge in [-0.2, -0.15) is 0 Å². The van der Waals surface area contributed by atoms with Crippen LogP contribution in [0.3, 0.4) is 0 Å². The van der Waals surface area contributed by atoms with E-state index in [4.69, 9.17) is 0 Å². The van der Waals surface area contributed by atoms with Gasteiger partial charge in [-0.3, -0.25) is 0 Å². The lowest BCUT2D eigenvalue weighted by Crippen LogP contribution is -2.49. The van der Waals surface area contributed by atoms with Crippen LogP contribution in [-0.4, -0.2) is 8.07 Å². The molecule has 0 fully saturated rings. The third-order valence-electron chi connectivity index (χ3n) is 9.64. The number of fused-ring (bicyclic) bond motifs is 8. The highest BCUT2D eigenvalue weighted by Gasteiger charge is 2.39. The Bertz CT molecular complexity index is 2420. The molecule has 1 aliphatic rings. The Morgan fingerprint density at radius 2 is 1.27 bits per heavy atom. The van der Waals surface area contributed by atoms with Crippen molar-refractivity contribution in [2.24, 2.45) is 0 Å². The van der Waals surface area contributed by atoms with Crippen LogP contribution in [0, 0.1) is 0 Å². The fourth-order valence-electron chi connectivity index (χ4n) is 7.40. The third-order valence-corrected chi connectivity index (χ3v) is 14.4. The molecule has 45 heavy (non-hydrogen) atoms. The Labute approximate surface area is 268 Å². The zero-order chi connectivity index (χ0) is 30.1. The number of hydrogen-bond acceptors (Lipinski definition) is 2. The summed E-state index contributed by atoms with van der Waals surface area (Å²) < 4.78 is 2.80. The van der Waals surface area contributed by atoms with Crippen molar-refractivity contribution in [2.45, 2.75) is 13.1 Å². The monoisotopic (exact) mass is 609 g/mol. The van der Waals surface area contributed by atoms with Crippen LogP contribution in [-0.2, 0) is 0 Å². The van der Waals surface area contributed by atoms with Crippen molar-refractivity contribution in [3.63, 3.8) is 0 Å². The molecule has 0 N–H and O–H groups in total. The Hall–Kier alpha value is -4.96. The van der Waals surface area contributed by atoms with Gasteiger partial charge in [0.05, 0.1) is 5.69 Å². The van der Waals surface area contributed by atoms with Crippen LogP contribution in [0.1, 0.15) is 0 Å². The van der Waals surface area contributed by atoms with E-state index in [-0.39, 0.29) is 0 Å². The van der Waals surface area contributed by atoms with Crippen LogP contribution in [0.25, 0.3) is 53.2 Å². The molecule has 0 bridgehead atoms. The maximum absolute atomic E-state index is 2.52. The van der Waals surface area contributed by atoms with Gasteiger partial charge in [0.1, 0.15) is 8.07 Å². The minimum atomic E-state index is -1.95. The van der Waals surface area contributed by atoms with Crippen molar-refractivity contribution < 1.29 is 0 Å². The van der Waals surface area contributed by atoms with E-state index >= 15 is 0 Å². The van der Waals surface area contributed by atoms with Crippen molar-refractivity contribution >= 4 is 77.8 Å². The van der Waals surface area contributed by atoms with Gasteiger partial charge in [0.2, 0.25) is 0 Å². The molecule has 0 radical (unpaired) electrons. The molecule has 1 aromatic heterocycles. The largest absolute Gasteiger partial charge is 0.310 e. The molecule has 1 nitrogen and oxygen atoms in total. The number of anilines is 3. The Morgan fingerprint density at radius 3 is 2.16 bits per heavy atom. The molecular formula is C42H31NSSi. The van der Waals surface area contributed by atoms with Gasteiger partial charge in [-0.1, -0.05) is 122 Å². The van der Waals surface area contributed by atoms with E-state index in [1.165, 1.54) is 69.8 Å². The van der Waals surface area contributed by atoms with Gasteiger partial charge in [0, 0.05) is 37.1 Å². The van der Waals surface area contributed by atoms with Gasteiger partial charge in [-0.05, 0) is 80.3 Å². The number of nitrogens with zero attached hydrogens (tertiary/aromatic N) is 1. The minimum Gasteiger partial charge on any atom is -0.310 e. The van der Waals surface area contributed by atoms with Crippen molar-refractivity contribution in [2.75, 3.05) is 4.90 Å². The Balaban J connectivity index is 1.25. The second-order valence-electron chi connectivity index (χ2n) is 12.6. The first-order valence-corrected chi connectivity index (χ1v) is 19.4. The normalized spacial score (nSPS) is 13.3. The molecule has 1 aliphatic heterocycles. The lowest BCUT2D eigenvalue weighted by atomic mass is 9.98. The first-order valence-electron chi connectivity index (χ1n) is 15.6. The van der Waals surface area contributed by atoms with Gasteiger partial charge >= 0.3 is 0 Å². The number of thiophene rings is 1. The van der Waals surface area contributed by atoms with Gasteiger partial charge in [-0.25, -0.2) is 0 Å². The summed E-state index contributed by atoms with van der Waals surface area (Å²) in [6.07, 6.45) is 0. The number of rotatable bonds is 4. The Kier molecular flexibility index (Phi) is 5.89. The predicted molar refractivity (Wildman–Crippen MR) is 199 cm³/mol. The van der Waals surface area contributed by atoms with E-state index in [9.17, 15) is 0 Å². The van der Waals surface area contributed by atoms with Gasteiger partial charge in [0.15, 0.2) is 0 Å². The van der Waals surface area contributed by atoms with Crippen LogP contribution in [0.15, 0.2) is 152 Å². The predicted octanol–water partition coefficient (Wildman–Crippen LogP) is 11.1. The topological polar surface area (TPSA) is 3.24 Å². The van der Waals surface area contributed by atoms with Crippen LogP contribution >= 0.6 is 11.3 Å². The van der Waals surface area contributed by atoms with E-state index in [1.54, 1.807) is 5.19 Å². The molecule has 3 heteroatoms. The van der Waals surface area contributed by atoms with Crippen molar-refractivity contribution in [1.82, 2.24) is 0 Å². The lowest BCUT2D eigenvalue weighted by molar-refractivity contribution is 1.29. The zero-order valence-electron chi connectivity index (χ0n) is 25.3. The summed E-state index contributed by atoms with van der Waals surface area (Å²) in [5, 5.41) is 8.33. The fourth-order valence-corrected chi connectivity index (χ4v) is 11.8. The molecule has 0 amide bonds. The molecular weight excluding hydrogens is 579 g/mol. The average molecular weight is 610 g/mol. The molecule has 9 rings (SSSR count). The third kappa shape index (κ3) is 4.05. The Morgan fingerprint density at radius 1 is 0.511 bits per heavy atom. The van der Waals surface area contributed by atoms with E-state index in [0.717, 1.165) is 5.69 Å². The summed E-state index contributed by atoms with van der Waals surface area (Å²) in [7, 11) is -1.95. The highest BCUT2D eigenvalue weighted by molar-refractivity contribution is 7.26. The fraction of sp³-hybridized carbons (Fsp3) is 0.0476.